The van der Waals surface area contributed by atoms with E-state index >= 15 is 0 Å². The number of methoxy groups -OCH3 is 1. The van der Waals surface area contributed by atoms with Crippen LogP contribution in [0.2, 0.25) is 5.02 Å². The fourth-order valence-corrected chi connectivity index (χ4v) is 2.09. The van der Waals surface area contributed by atoms with E-state index < -0.39 is 0 Å². The first-order valence-corrected chi connectivity index (χ1v) is 6.59. The number of ether oxygens (including phenoxy) is 1. The van der Waals surface area contributed by atoms with Gasteiger partial charge in [0.05, 0.1) is 35.0 Å². The fraction of sp³-hybridized carbons (Fsp3) is 0.125. The minimum atomic E-state index is -0.327. The zero-order valence-corrected chi connectivity index (χ0v) is 12.4. The van der Waals surface area contributed by atoms with Crippen molar-refractivity contribution in [1.82, 2.24) is 0 Å². The Kier molecular flexibility index (Phi) is 4.46. The molecular formula is C16H13ClN2O2. The molecule has 0 spiro atoms. The van der Waals surface area contributed by atoms with E-state index in [9.17, 15) is 4.79 Å². The van der Waals surface area contributed by atoms with Gasteiger partial charge in [-0.25, -0.2) is 0 Å². The van der Waals surface area contributed by atoms with Gasteiger partial charge in [-0.1, -0.05) is 23.7 Å². The van der Waals surface area contributed by atoms with Crippen molar-refractivity contribution in [3.63, 3.8) is 0 Å². The molecular weight excluding hydrogens is 288 g/mol. The lowest BCUT2D eigenvalue weighted by Gasteiger charge is -2.11. The molecule has 0 atom stereocenters. The molecule has 1 N–H and O–H groups in total. The maximum absolute atomic E-state index is 12.3. The fourth-order valence-electron chi connectivity index (χ4n) is 1.88. The number of anilines is 1. The van der Waals surface area contributed by atoms with Gasteiger partial charge >= 0.3 is 0 Å². The largest absolute Gasteiger partial charge is 0.495 e. The molecule has 21 heavy (non-hydrogen) atoms. The zero-order valence-electron chi connectivity index (χ0n) is 11.6. The molecule has 2 aromatic rings. The number of carbonyl (C=O) groups is 1. The highest BCUT2D eigenvalue weighted by molar-refractivity contribution is 6.35. The smallest absolute Gasteiger partial charge is 0.257 e. The third kappa shape index (κ3) is 3.15. The summed E-state index contributed by atoms with van der Waals surface area (Å²) < 4.78 is 5.18. The van der Waals surface area contributed by atoms with E-state index in [2.05, 4.69) is 5.32 Å². The number of nitrogens with zero attached hydrogens (tertiary/aromatic N) is 1. The molecule has 4 nitrogen and oxygen atoms in total. The van der Waals surface area contributed by atoms with Crippen molar-refractivity contribution in [3.05, 3.63) is 58.1 Å². The molecule has 2 rings (SSSR count). The number of rotatable bonds is 3. The molecule has 0 fully saturated rings. The van der Waals surface area contributed by atoms with Crippen molar-refractivity contribution in [1.29, 1.82) is 5.26 Å². The first-order chi connectivity index (χ1) is 10.1. The molecule has 0 saturated carbocycles. The zero-order chi connectivity index (χ0) is 15.4. The molecule has 5 heteroatoms. The van der Waals surface area contributed by atoms with Gasteiger partial charge in [0.15, 0.2) is 0 Å². The lowest BCUT2D eigenvalue weighted by atomic mass is 10.1. The van der Waals surface area contributed by atoms with Gasteiger partial charge in [-0.3, -0.25) is 4.79 Å². The van der Waals surface area contributed by atoms with Crippen molar-refractivity contribution in [3.8, 4) is 11.8 Å². The molecule has 0 unspecified atom stereocenters. The Hall–Kier alpha value is -2.51. The van der Waals surface area contributed by atoms with Crippen LogP contribution in [0.5, 0.6) is 5.75 Å². The summed E-state index contributed by atoms with van der Waals surface area (Å²) in [5.74, 6) is 0.0953. The highest BCUT2D eigenvalue weighted by atomic mass is 35.5. The Morgan fingerprint density at radius 1 is 1.33 bits per heavy atom. The number of nitrogens with one attached hydrogen (secondary N) is 1. The summed E-state index contributed by atoms with van der Waals surface area (Å²) in [5.41, 5.74) is 2.16. The second-order valence-corrected chi connectivity index (χ2v) is 4.80. The van der Waals surface area contributed by atoms with Crippen LogP contribution in [0.25, 0.3) is 0 Å². The predicted molar refractivity (Wildman–Crippen MR) is 81.9 cm³/mol. The third-order valence-electron chi connectivity index (χ3n) is 3.02. The van der Waals surface area contributed by atoms with E-state index in [1.165, 1.54) is 7.11 Å². The molecule has 0 saturated heterocycles. The molecule has 0 radical (unpaired) electrons. The van der Waals surface area contributed by atoms with Crippen LogP contribution < -0.4 is 10.1 Å². The Labute approximate surface area is 127 Å². The van der Waals surface area contributed by atoms with Crippen LogP contribution in [0.1, 0.15) is 21.5 Å². The summed E-state index contributed by atoms with van der Waals surface area (Å²) in [4.78, 5) is 12.3. The number of amides is 1. The molecule has 106 valence electrons. The molecule has 0 aliphatic heterocycles. The lowest BCUT2D eigenvalue weighted by Crippen LogP contribution is -2.13. The molecule has 2 aromatic carbocycles. The number of aryl methyl sites for hydroxylation is 1. The van der Waals surface area contributed by atoms with Gasteiger partial charge in [0.25, 0.3) is 5.91 Å². The van der Waals surface area contributed by atoms with E-state index in [0.717, 1.165) is 5.56 Å². The summed E-state index contributed by atoms with van der Waals surface area (Å²) in [6.45, 7) is 1.83. The number of benzene rings is 2. The van der Waals surface area contributed by atoms with Crippen LogP contribution in [-0.2, 0) is 0 Å². The first kappa shape index (κ1) is 14.9. The minimum Gasteiger partial charge on any atom is -0.495 e. The first-order valence-electron chi connectivity index (χ1n) is 6.21. The second-order valence-electron chi connectivity index (χ2n) is 4.42. The number of carbonyl (C=O) groups excluding carboxylic acids is 1. The highest BCUT2D eigenvalue weighted by Crippen LogP contribution is 2.27. The molecule has 0 aromatic heterocycles. The second kappa shape index (κ2) is 6.29. The van der Waals surface area contributed by atoms with Crippen LogP contribution in [0.15, 0.2) is 36.4 Å². The van der Waals surface area contributed by atoms with Crippen molar-refractivity contribution in [2.75, 3.05) is 12.4 Å². The molecule has 0 aliphatic rings. The van der Waals surface area contributed by atoms with Gasteiger partial charge in [0.2, 0.25) is 0 Å². The number of halogens is 1. The number of hydrogen-bond donors (Lipinski definition) is 1. The van der Waals surface area contributed by atoms with Crippen molar-refractivity contribution >= 4 is 23.2 Å². The van der Waals surface area contributed by atoms with Crippen LogP contribution >= 0.6 is 11.6 Å². The quantitative estimate of drug-likeness (QED) is 0.938. The summed E-state index contributed by atoms with van der Waals surface area (Å²) in [6.07, 6.45) is 0. The topological polar surface area (TPSA) is 62.1 Å². The van der Waals surface area contributed by atoms with Crippen LogP contribution in [0.3, 0.4) is 0 Å². The van der Waals surface area contributed by atoms with Crippen LogP contribution in [0.4, 0.5) is 5.69 Å². The minimum absolute atomic E-state index is 0.327. The summed E-state index contributed by atoms with van der Waals surface area (Å²) in [5, 5.41) is 12.0. The summed E-state index contributed by atoms with van der Waals surface area (Å²) >= 11 is 6.14. The predicted octanol–water partition coefficient (Wildman–Crippen LogP) is 3.78. The average Bonchev–Trinajstić information content (AvgIpc) is 2.50. The maximum atomic E-state index is 12.3. The normalized spacial score (nSPS) is 9.81. The number of nitriles is 1. The monoisotopic (exact) mass is 300 g/mol. The molecule has 0 aliphatic carbocycles. The van der Waals surface area contributed by atoms with Crippen molar-refractivity contribution in [2.24, 2.45) is 0 Å². The van der Waals surface area contributed by atoms with E-state index in [1.807, 2.05) is 19.1 Å². The Bertz CT molecular complexity index is 736. The maximum Gasteiger partial charge on any atom is 0.257 e. The van der Waals surface area contributed by atoms with Crippen molar-refractivity contribution < 1.29 is 9.53 Å². The van der Waals surface area contributed by atoms with Gasteiger partial charge in [0.1, 0.15) is 5.75 Å². The van der Waals surface area contributed by atoms with E-state index in [4.69, 9.17) is 21.6 Å². The lowest BCUT2D eigenvalue weighted by molar-refractivity contribution is 0.102. The van der Waals surface area contributed by atoms with Crippen LogP contribution in [0, 0.1) is 18.3 Å². The Balaban J connectivity index is 2.32. The molecule has 1 amide bonds. The number of hydrogen-bond acceptors (Lipinski definition) is 3. The Morgan fingerprint density at radius 2 is 2.10 bits per heavy atom. The van der Waals surface area contributed by atoms with E-state index in [1.54, 1.807) is 30.3 Å². The standard InChI is InChI=1S/C16H13ClN2O2/c1-10-4-3-5-12(15(10)17)16(20)19-13-7-6-11(9-18)8-14(13)21-2/h3-8H,1-2H3,(H,19,20). The summed E-state index contributed by atoms with van der Waals surface area (Å²) in [7, 11) is 1.48. The van der Waals surface area contributed by atoms with E-state index in [0.29, 0.717) is 27.6 Å². The van der Waals surface area contributed by atoms with Gasteiger partial charge in [-0.15, -0.1) is 0 Å². The van der Waals surface area contributed by atoms with Gasteiger partial charge in [-0.05, 0) is 30.7 Å². The van der Waals surface area contributed by atoms with Gasteiger partial charge in [-0.2, -0.15) is 5.26 Å². The van der Waals surface area contributed by atoms with Crippen molar-refractivity contribution in [2.45, 2.75) is 6.92 Å². The SMILES string of the molecule is COc1cc(C#N)ccc1NC(=O)c1cccc(C)c1Cl. The average molecular weight is 301 g/mol. The van der Waals surface area contributed by atoms with E-state index in [-0.39, 0.29) is 5.91 Å². The van der Waals surface area contributed by atoms with Gasteiger partial charge < -0.3 is 10.1 Å². The highest BCUT2D eigenvalue weighted by Gasteiger charge is 2.14. The Morgan fingerprint density at radius 3 is 2.76 bits per heavy atom. The van der Waals surface area contributed by atoms with Gasteiger partial charge in [0, 0.05) is 6.07 Å². The molecule has 0 bridgehead atoms. The summed E-state index contributed by atoms with van der Waals surface area (Å²) in [6, 6.07) is 12.1. The third-order valence-corrected chi connectivity index (χ3v) is 3.52. The van der Waals surface area contributed by atoms with Crippen LogP contribution in [-0.4, -0.2) is 13.0 Å². The molecule has 0 heterocycles.